The molecule has 2 rings (SSSR count). The van der Waals surface area contributed by atoms with Gasteiger partial charge in [0.2, 0.25) is 0 Å². The van der Waals surface area contributed by atoms with Crippen LogP contribution in [0.15, 0.2) is 6.07 Å². The van der Waals surface area contributed by atoms with Crippen molar-refractivity contribution in [1.29, 1.82) is 0 Å². The zero-order valence-corrected chi connectivity index (χ0v) is 14.4. The van der Waals surface area contributed by atoms with Gasteiger partial charge in [-0.1, -0.05) is 27.7 Å². The summed E-state index contributed by atoms with van der Waals surface area (Å²) in [6.07, 6.45) is 0. The zero-order valence-electron chi connectivity index (χ0n) is 14.4. The molecule has 1 aliphatic heterocycles. The van der Waals surface area contributed by atoms with Gasteiger partial charge in [-0.15, -0.1) is 0 Å². The number of hydrogen-bond acceptors (Lipinski definition) is 4. The Labute approximate surface area is 129 Å². The number of nitrogens with zero attached hydrogens (tertiary/aromatic N) is 3. The third kappa shape index (κ3) is 3.61. The van der Waals surface area contributed by atoms with Crippen molar-refractivity contribution >= 4 is 0 Å². The van der Waals surface area contributed by atoms with Crippen LogP contribution in [0.2, 0.25) is 0 Å². The molecule has 118 valence electrons. The van der Waals surface area contributed by atoms with Crippen LogP contribution in [0.25, 0.3) is 0 Å². The van der Waals surface area contributed by atoms with E-state index in [0.29, 0.717) is 11.8 Å². The molecule has 0 unspecified atom stereocenters. The molecule has 2 heterocycles. The summed E-state index contributed by atoms with van der Waals surface area (Å²) in [4.78, 5) is 12.3. The summed E-state index contributed by atoms with van der Waals surface area (Å²) in [5.74, 6) is 1.84. The normalized spacial score (nSPS) is 17.7. The van der Waals surface area contributed by atoms with Gasteiger partial charge in [-0.25, -0.2) is 9.97 Å². The van der Waals surface area contributed by atoms with Gasteiger partial charge in [-0.3, -0.25) is 4.90 Å². The Morgan fingerprint density at radius 2 is 1.48 bits per heavy atom. The minimum atomic E-state index is -0.114. The summed E-state index contributed by atoms with van der Waals surface area (Å²) in [6, 6.07) is 2.17. The third-order valence-corrected chi connectivity index (χ3v) is 4.40. The number of piperazine rings is 1. The van der Waals surface area contributed by atoms with E-state index in [0.717, 1.165) is 43.4 Å². The van der Waals surface area contributed by atoms with Crippen molar-refractivity contribution in [3.63, 3.8) is 0 Å². The third-order valence-electron chi connectivity index (χ3n) is 4.40. The maximum atomic E-state index is 4.89. The highest BCUT2D eigenvalue weighted by Crippen LogP contribution is 2.28. The fraction of sp³-hybridized carbons (Fsp3) is 0.765. The van der Waals surface area contributed by atoms with Crippen LogP contribution in [-0.4, -0.2) is 41.0 Å². The monoisotopic (exact) mass is 290 g/mol. The average Bonchev–Trinajstić information content (AvgIpc) is 2.47. The topological polar surface area (TPSA) is 41.1 Å². The molecule has 4 heteroatoms. The second kappa shape index (κ2) is 6.41. The molecule has 1 fully saturated rings. The molecule has 0 amide bonds. The van der Waals surface area contributed by atoms with Crippen molar-refractivity contribution < 1.29 is 0 Å². The van der Waals surface area contributed by atoms with Crippen molar-refractivity contribution in [3.05, 3.63) is 23.3 Å². The lowest BCUT2D eigenvalue weighted by Gasteiger charge is -2.40. The van der Waals surface area contributed by atoms with E-state index in [2.05, 4.69) is 57.8 Å². The van der Waals surface area contributed by atoms with E-state index in [1.807, 2.05) is 0 Å². The summed E-state index contributed by atoms with van der Waals surface area (Å²) >= 11 is 0. The van der Waals surface area contributed by atoms with Crippen LogP contribution in [-0.2, 0) is 5.54 Å². The van der Waals surface area contributed by atoms with Crippen molar-refractivity contribution in [2.45, 2.75) is 58.9 Å². The number of hydrogen-bond donors (Lipinski definition) is 1. The highest BCUT2D eigenvalue weighted by Gasteiger charge is 2.33. The molecule has 0 saturated carbocycles. The van der Waals surface area contributed by atoms with Gasteiger partial charge in [0, 0.05) is 37.6 Å². The van der Waals surface area contributed by atoms with Crippen LogP contribution in [0.3, 0.4) is 0 Å². The van der Waals surface area contributed by atoms with Gasteiger partial charge < -0.3 is 5.32 Å². The number of nitrogens with one attached hydrogen (secondary N) is 1. The first kappa shape index (κ1) is 16.4. The summed E-state index contributed by atoms with van der Waals surface area (Å²) in [5, 5.41) is 3.42. The van der Waals surface area contributed by atoms with E-state index in [4.69, 9.17) is 9.97 Å². The molecule has 0 atom stereocenters. The van der Waals surface area contributed by atoms with Gasteiger partial charge in [-0.2, -0.15) is 0 Å². The SMILES string of the molecule is CC(C)c1cc(C(C)C)nc(C(C)(C)N2CCNCC2)n1. The first-order valence-electron chi connectivity index (χ1n) is 8.17. The van der Waals surface area contributed by atoms with Crippen LogP contribution in [0.4, 0.5) is 0 Å². The molecule has 21 heavy (non-hydrogen) atoms. The average molecular weight is 290 g/mol. The van der Waals surface area contributed by atoms with E-state index in [-0.39, 0.29) is 5.54 Å². The molecule has 4 nitrogen and oxygen atoms in total. The molecule has 1 saturated heterocycles. The highest BCUT2D eigenvalue weighted by molar-refractivity contribution is 5.20. The first-order chi connectivity index (χ1) is 9.82. The lowest BCUT2D eigenvalue weighted by molar-refractivity contribution is 0.0942. The van der Waals surface area contributed by atoms with E-state index in [9.17, 15) is 0 Å². The van der Waals surface area contributed by atoms with Gasteiger partial charge >= 0.3 is 0 Å². The Balaban J connectivity index is 2.40. The fourth-order valence-corrected chi connectivity index (χ4v) is 2.72. The molecule has 0 aliphatic carbocycles. The van der Waals surface area contributed by atoms with Crippen LogP contribution < -0.4 is 5.32 Å². The van der Waals surface area contributed by atoms with Gasteiger partial charge in [0.1, 0.15) is 5.82 Å². The predicted octanol–water partition coefficient (Wildman–Crippen LogP) is 2.86. The van der Waals surface area contributed by atoms with Gasteiger partial charge in [0.25, 0.3) is 0 Å². The molecule has 1 aromatic rings. The second-order valence-corrected chi connectivity index (χ2v) is 7.15. The maximum Gasteiger partial charge on any atom is 0.148 e. The minimum absolute atomic E-state index is 0.114. The maximum absolute atomic E-state index is 4.89. The van der Waals surface area contributed by atoms with Crippen LogP contribution in [0, 0.1) is 0 Å². The van der Waals surface area contributed by atoms with Crippen LogP contribution in [0.1, 0.15) is 70.6 Å². The minimum Gasteiger partial charge on any atom is -0.314 e. The summed E-state index contributed by atoms with van der Waals surface area (Å²) < 4.78 is 0. The highest BCUT2D eigenvalue weighted by atomic mass is 15.3. The molecule has 0 spiro atoms. The quantitative estimate of drug-likeness (QED) is 0.926. The fourth-order valence-electron chi connectivity index (χ4n) is 2.72. The molecule has 1 N–H and O–H groups in total. The number of aromatic nitrogens is 2. The van der Waals surface area contributed by atoms with Crippen molar-refractivity contribution in [2.75, 3.05) is 26.2 Å². The van der Waals surface area contributed by atoms with E-state index in [1.54, 1.807) is 0 Å². The molecular formula is C17H30N4. The Morgan fingerprint density at radius 1 is 1.00 bits per heavy atom. The van der Waals surface area contributed by atoms with E-state index < -0.39 is 0 Å². The van der Waals surface area contributed by atoms with Crippen LogP contribution >= 0.6 is 0 Å². The molecule has 0 bridgehead atoms. The Kier molecular flexibility index (Phi) is 4.99. The first-order valence-corrected chi connectivity index (χ1v) is 8.17. The molecule has 0 radical (unpaired) electrons. The van der Waals surface area contributed by atoms with E-state index >= 15 is 0 Å². The molecular weight excluding hydrogens is 260 g/mol. The van der Waals surface area contributed by atoms with Gasteiger partial charge in [0.15, 0.2) is 0 Å². The second-order valence-electron chi connectivity index (χ2n) is 7.15. The standard InChI is InChI=1S/C17H30N4/c1-12(2)14-11-15(13(3)4)20-16(19-14)17(5,6)21-9-7-18-8-10-21/h11-13,18H,7-10H2,1-6H3. The summed E-state index contributed by atoms with van der Waals surface area (Å²) in [7, 11) is 0. The van der Waals surface area contributed by atoms with Crippen LogP contribution in [0.5, 0.6) is 0 Å². The lowest BCUT2D eigenvalue weighted by atomic mass is 9.98. The Bertz CT molecular complexity index is 447. The van der Waals surface area contributed by atoms with Crippen molar-refractivity contribution in [2.24, 2.45) is 0 Å². The predicted molar refractivity (Wildman–Crippen MR) is 87.7 cm³/mol. The summed E-state index contributed by atoms with van der Waals surface area (Å²) in [6.45, 7) is 17.5. The number of rotatable bonds is 4. The summed E-state index contributed by atoms with van der Waals surface area (Å²) in [5.41, 5.74) is 2.20. The van der Waals surface area contributed by atoms with Gasteiger partial charge in [0.05, 0.1) is 5.54 Å². The van der Waals surface area contributed by atoms with Crippen molar-refractivity contribution in [1.82, 2.24) is 20.2 Å². The largest absolute Gasteiger partial charge is 0.314 e. The Hall–Kier alpha value is -1.00. The zero-order chi connectivity index (χ0) is 15.6. The van der Waals surface area contributed by atoms with E-state index in [1.165, 1.54) is 0 Å². The lowest BCUT2D eigenvalue weighted by Crippen LogP contribution is -2.52. The Morgan fingerprint density at radius 3 is 1.90 bits per heavy atom. The molecule has 0 aromatic carbocycles. The molecule has 1 aliphatic rings. The molecule has 1 aromatic heterocycles. The van der Waals surface area contributed by atoms with Crippen molar-refractivity contribution in [3.8, 4) is 0 Å². The van der Waals surface area contributed by atoms with Gasteiger partial charge in [-0.05, 0) is 31.7 Å². The smallest absolute Gasteiger partial charge is 0.148 e.